The van der Waals surface area contributed by atoms with Crippen molar-refractivity contribution in [3.8, 4) is 0 Å². The van der Waals surface area contributed by atoms with Gasteiger partial charge in [0.2, 0.25) is 4.96 Å². The Morgan fingerprint density at radius 2 is 1.86 bits per heavy atom. The van der Waals surface area contributed by atoms with E-state index in [4.69, 9.17) is 4.42 Å². The molecule has 3 aromatic carbocycles. The third kappa shape index (κ3) is 2.66. The number of rotatable bonds is 3. The lowest BCUT2D eigenvalue weighted by molar-refractivity contribution is 0.560. The minimum absolute atomic E-state index is 0.337. The van der Waals surface area contributed by atoms with Gasteiger partial charge in [-0.15, -0.1) is 10.2 Å². The van der Waals surface area contributed by atoms with Crippen molar-refractivity contribution in [2.45, 2.75) is 10.9 Å². The van der Waals surface area contributed by atoms with Gasteiger partial charge < -0.3 is 4.42 Å². The van der Waals surface area contributed by atoms with Gasteiger partial charge in [-0.05, 0) is 34.5 Å². The SMILES string of the molecule is O=c1cc(CSc2nnc3sc4ccccc4n23)c2c(ccc3ccccc32)o1. The molecule has 140 valence electrons. The van der Waals surface area contributed by atoms with Crippen molar-refractivity contribution in [3.05, 3.63) is 82.7 Å². The summed E-state index contributed by atoms with van der Waals surface area (Å²) >= 11 is 3.20. The van der Waals surface area contributed by atoms with Crippen molar-refractivity contribution >= 4 is 60.0 Å². The molecular weight excluding hydrogens is 402 g/mol. The summed E-state index contributed by atoms with van der Waals surface area (Å²) in [5.74, 6) is 0.598. The van der Waals surface area contributed by atoms with Gasteiger partial charge in [0.25, 0.3) is 0 Å². The van der Waals surface area contributed by atoms with E-state index in [1.54, 1.807) is 29.2 Å². The normalized spacial score (nSPS) is 11.9. The van der Waals surface area contributed by atoms with E-state index in [0.717, 1.165) is 37.4 Å². The molecule has 7 heteroatoms. The van der Waals surface area contributed by atoms with Gasteiger partial charge in [0.05, 0.1) is 10.2 Å². The first-order valence-electron chi connectivity index (χ1n) is 9.08. The molecule has 0 fully saturated rings. The van der Waals surface area contributed by atoms with E-state index >= 15 is 0 Å². The number of hydrogen-bond acceptors (Lipinski definition) is 6. The lowest BCUT2D eigenvalue weighted by atomic mass is 10.0. The van der Waals surface area contributed by atoms with Crippen LogP contribution in [0.1, 0.15) is 5.56 Å². The number of nitrogens with zero attached hydrogens (tertiary/aromatic N) is 3. The number of hydrogen-bond donors (Lipinski definition) is 0. The van der Waals surface area contributed by atoms with Crippen LogP contribution in [0.15, 0.2) is 81.1 Å². The van der Waals surface area contributed by atoms with E-state index in [9.17, 15) is 4.79 Å². The van der Waals surface area contributed by atoms with E-state index in [1.165, 1.54) is 4.70 Å². The second kappa shape index (κ2) is 6.43. The standard InChI is InChI=1S/C22H13N3O2S2/c26-19-11-14(20-15-6-2-1-5-13(15)9-10-17(20)27-19)12-28-21-23-24-22-25(21)16-7-3-4-8-18(16)29-22/h1-11H,12H2. The van der Waals surface area contributed by atoms with E-state index in [2.05, 4.69) is 38.9 Å². The summed E-state index contributed by atoms with van der Waals surface area (Å²) in [7, 11) is 0. The highest BCUT2D eigenvalue weighted by atomic mass is 32.2. The van der Waals surface area contributed by atoms with Gasteiger partial charge in [0.15, 0.2) is 5.16 Å². The van der Waals surface area contributed by atoms with Gasteiger partial charge in [0.1, 0.15) is 5.58 Å². The van der Waals surface area contributed by atoms with Crippen LogP contribution in [-0.2, 0) is 5.75 Å². The molecule has 0 aliphatic rings. The predicted octanol–water partition coefficient (Wildman–Crippen LogP) is 5.50. The molecule has 5 nitrogen and oxygen atoms in total. The van der Waals surface area contributed by atoms with Crippen molar-refractivity contribution in [1.82, 2.24) is 14.6 Å². The van der Waals surface area contributed by atoms with Crippen LogP contribution in [0, 0.1) is 0 Å². The van der Waals surface area contributed by atoms with E-state index < -0.39 is 0 Å². The molecule has 3 heterocycles. The largest absolute Gasteiger partial charge is 0.423 e. The maximum Gasteiger partial charge on any atom is 0.336 e. The summed E-state index contributed by atoms with van der Waals surface area (Å²) in [6, 6.07) is 21.8. The van der Waals surface area contributed by atoms with Gasteiger partial charge in [-0.25, -0.2) is 4.79 Å². The highest BCUT2D eigenvalue weighted by Crippen LogP contribution is 2.33. The Bertz CT molecular complexity index is 1600. The first-order chi connectivity index (χ1) is 14.3. The summed E-state index contributed by atoms with van der Waals surface area (Å²) in [6.45, 7) is 0. The molecule has 0 unspecified atom stereocenters. The summed E-state index contributed by atoms with van der Waals surface area (Å²) in [5, 5.41) is 12.7. The third-order valence-electron chi connectivity index (χ3n) is 4.98. The lowest BCUT2D eigenvalue weighted by Crippen LogP contribution is -2.00. The molecular formula is C22H13N3O2S2. The molecule has 0 spiro atoms. The number of aromatic nitrogens is 3. The number of thiazole rings is 1. The van der Waals surface area contributed by atoms with Crippen LogP contribution in [-0.4, -0.2) is 14.6 Å². The number of thioether (sulfide) groups is 1. The zero-order valence-electron chi connectivity index (χ0n) is 15.0. The topological polar surface area (TPSA) is 60.4 Å². The van der Waals surface area contributed by atoms with Crippen LogP contribution in [0.25, 0.3) is 36.9 Å². The predicted molar refractivity (Wildman–Crippen MR) is 118 cm³/mol. The highest BCUT2D eigenvalue weighted by Gasteiger charge is 2.15. The minimum Gasteiger partial charge on any atom is -0.423 e. The van der Waals surface area contributed by atoms with Crippen LogP contribution >= 0.6 is 23.1 Å². The van der Waals surface area contributed by atoms with Gasteiger partial charge in [0, 0.05) is 17.2 Å². The first-order valence-corrected chi connectivity index (χ1v) is 10.9. The van der Waals surface area contributed by atoms with Crippen molar-refractivity contribution in [2.24, 2.45) is 0 Å². The Hall–Kier alpha value is -3.16. The van der Waals surface area contributed by atoms with Crippen LogP contribution < -0.4 is 5.63 Å². The van der Waals surface area contributed by atoms with E-state index in [0.29, 0.717) is 11.3 Å². The Labute approximate surface area is 172 Å². The molecule has 0 amide bonds. The fourth-order valence-corrected chi connectivity index (χ4v) is 5.67. The van der Waals surface area contributed by atoms with Crippen molar-refractivity contribution < 1.29 is 4.42 Å². The number of benzene rings is 3. The van der Waals surface area contributed by atoms with Gasteiger partial charge in [-0.3, -0.25) is 4.40 Å². The van der Waals surface area contributed by atoms with E-state index in [-0.39, 0.29) is 5.63 Å². The summed E-state index contributed by atoms with van der Waals surface area (Å²) in [5.41, 5.74) is 2.31. The minimum atomic E-state index is -0.337. The average molecular weight is 415 g/mol. The second-order valence-electron chi connectivity index (χ2n) is 6.71. The first kappa shape index (κ1) is 16.8. The molecule has 6 rings (SSSR count). The molecule has 0 saturated heterocycles. The summed E-state index contributed by atoms with van der Waals surface area (Å²) in [6.07, 6.45) is 0. The van der Waals surface area contributed by atoms with Crippen molar-refractivity contribution in [2.75, 3.05) is 0 Å². The summed E-state index contributed by atoms with van der Waals surface area (Å²) < 4.78 is 8.72. The fraction of sp³-hybridized carbons (Fsp3) is 0.0455. The van der Waals surface area contributed by atoms with Gasteiger partial charge in [-0.1, -0.05) is 65.6 Å². The Morgan fingerprint density at radius 3 is 2.83 bits per heavy atom. The quantitative estimate of drug-likeness (QED) is 0.217. The summed E-state index contributed by atoms with van der Waals surface area (Å²) in [4.78, 5) is 13.0. The van der Waals surface area contributed by atoms with E-state index in [1.807, 2.05) is 36.4 Å². The number of fused-ring (bicyclic) bond motifs is 6. The molecule has 0 aliphatic carbocycles. The second-order valence-corrected chi connectivity index (χ2v) is 8.66. The van der Waals surface area contributed by atoms with Crippen LogP contribution in [0.5, 0.6) is 0 Å². The molecule has 0 saturated carbocycles. The monoisotopic (exact) mass is 415 g/mol. The maximum atomic E-state index is 12.1. The Morgan fingerprint density at radius 1 is 1.00 bits per heavy atom. The third-order valence-corrected chi connectivity index (χ3v) is 6.97. The van der Waals surface area contributed by atoms with Crippen molar-refractivity contribution in [1.29, 1.82) is 0 Å². The van der Waals surface area contributed by atoms with Gasteiger partial charge >= 0.3 is 5.63 Å². The zero-order chi connectivity index (χ0) is 19.4. The molecule has 0 radical (unpaired) electrons. The Balaban J connectivity index is 1.49. The highest BCUT2D eigenvalue weighted by molar-refractivity contribution is 7.98. The zero-order valence-corrected chi connectivity index (χ0v) is 16.7. The Kier molecular flexibility index (Phi) is 3.72. The molecule has 6 aromatic rings. The smallest absolute Gasteiger partial charge is 0.336 e. The lowest BCUT2D eigenvalue weighted by Gasteiger charge is -2.08. The van der Waals surface area contributed by atoms with Crippen molar-refractivity contribution in [3.63, 3.8) is 0 Å². The molecule has 0 N–H and O–H groups in total. The molecule has 0 bridgehead atoms. The maximum absolute atomic E-state index is 12.1. The fourth-order valence-electron chi connectivity index (χ4n) is 3.73. The van der Waals surface area contributed by atoms with Crippen LogP contribution in [0.2, 0.25) is 0 Å². The van der Waals surface area contributed by atoms with Crippen LogP contribution in [0.3, 0.4) is 0 Å². The average Bonchev–Trinajstić information content (AvgIpc) is 3.31. The van der Waals surface area contributed by atoms with Crippen LogP contribution in [0.4, 0.5) is 0 Å². The number of para-hydroxylation sites is 1. The van der Waals surface area contributed by atoms with Gasteiger partial charge in [-0.2, -0.15) is 0 Å². The molecule has 3 aromatic heterocycles. The molecule has 0 atom stereocenters. The molecule has 0 aliphatic heterocycles. The molecule has 29 heavy (non-hydrogen) atoms.